The van der Waals surface area contributed by atoms with E-state index < -0.39 is 0 Å². The molecule has 0 saturated carbocycles. The third-order valence-electron chi connectivity index (χ3n) is 3.79. The molecule has 0 radical (unpaired) electrons. The van der Waals surface area contributed by atoms with E-state index in [4.69, 9.17) is 14.2 Å². The van der Waals surface area contributed by atoms with E-state index in [1.165, 1.54) is 0 Å². The van der Waals surface area contributed by atoms with Gasteiger partial charge in [-0.25, -0.2) is 0 Å². The van der Waals surface area contributed by atoms with Gasteiger partial charge in [-0.1, -0.05) is 0 Å². The highest BCUT2D eigenvalue weighted by Gasteiger charge is 2.15. The van der Waals surface area contributed by atoms with Crippen LogP contribution in [-0.4, -0.2) is 64.4 Å². The first-order chi connectivity index (χ1) is 10.7. The highest BCUT2D eigenvalue weighted by Crippen LogP contribution is 2.30. The molecule has 2 rings (SSSR count). The number of ether oxygens (including phenoxy) is 3. The minimum absolute atomic E-state index is 0.0910. The summed E-state index contributed by atoms with van der Waals surface area (Å²) in [5.41, 5.74) is 1.47. The summed E-state index contributed by atoms with van der Waals surface area (Å²) in [4.78, 5) is 14.6. The number of hydrogen-bond donors (Lipinski definition) is 1. The van der Waals surface area contributed by atoms with Crippen molar-refractivity contribution in [2.45, 2.75) is 6.92 Å². The zero-order valence-electron chi connectivity index (χ0n) is 13.5. The molecule has 1 N–H and O–H groups in total. The van der Waals surface area contributed by atoms with Crippen LogP contribution in [0.25, 0.3) is 0 Å². The minimum atomic E-state index is -0.0910. The first-order valence-electron chi connectivity index (χ1n) is 7.46. The van der Waals surface area contributed by atoms with Crippen LogP contribution in [0.2, 0.25) is 0 Å². The molecule has 1 aromatic rings. The van der Waals surface area contributed by atoms with Crippen LogP contribution in [0.15, 0.2) is 12.1 Å². The maximum absolute atomic E-state index is 12.3. The topological polar surface area (TPSA) is 60.0 Å². The Kier molecular flexibility index (Phi) is 6.03. The molecule has 0 unspecified atom stereocenters. The van der Waals surface area contributed by atoms with Crippen LogP contribution in [0.5, 0.6) is 11.5 Å². The Balaban J connectivity index is 1.94. The van der Waals surface area contributed by atoms with Gasteiger partial charge in [0.05, 0.1) is 27.4 Å². The van der Waals surface area contributed by atoms with Gasteiger partial charge >= 0.3 is 0 Å². The smallest absolute Gasteiger partial charge is 0.251 e. The Morgan fingerprint density at radius 2 is 1.86 bits per heavy atom. The molecule has 1 aliphatic rings. The summed E-state index contributed by atoms with van der Waals surface area (Å²) < 4.78 is 15.8. The number of nitrogens with one attached hydrogen (secondary N) is 1. The number of methoxy groups -OCH3 is 2. The lowest BCUT2D eigenvalue weighted by molar-refractivity contribution is 0.0383. The number of benzene rings is 1. The second kappa shape index (κ2) is 8.00. The van der Waals surface area contributed by atoms with E-state index in [0.29, 0.717) is 23.6 Å². The highest BCUT2D eigenvalue weighted by atomic mass is 16.5. The second-order valence-corrected chi connectivity index (χ2v) is 5.23. The molecular formula is C16H24N2O4. The van der Waals surface area contributed by atoms with Crippen molar-refractivity contribution in [3.05, 3.63) is 23.3 Å². The molecule has 0 bridgehead atoms. The number of morpholine rings is 1. The monoisotopic (exact) mass is 308 g/mol. The summed E-state index contributed by atoms with van der Waals surface area (Å²) in [7, 11) is 3.15. The van der Waals surface area contributed by atoms with Gasteiger partial charge in [0.25, 0.3) is 5.91 Å². The third-order valence-corrected chi connectivity index (χ3v) is 3.79. The van der Waals surface area contributed by atoms with Crippen molar-refractivity contribution in [2.24, 2.45) is 0 Å². The van der Waals surface area contributed by atoms with E-state index in [2.05, 4.69) is 10.2 Å². The normalized spacial score (nSPS) is 15.4. The van der Waals surface area contributed by atoms with Crippen LogP contribution in [0.4, 0.5) is 0 Å². The number of nitrogens with zero attached hydrogens (tertiary/aromatic N) is 1. The molecule has 0 atom stereocenters. The van der Waals surface area contributed by atoms with E-state index >= 15 is 0 Å². The van der Waals surface area contributed by atoms with Crippen LogP contribution in [0.3, 0.4) is 0 Å². The fourth-order valence-electron chi connectivity index (χ4n) is 2.47. The van der Waals surface area contributed by atoms with Crippen molar-refractivity contribution < 1.29 is 19.0 Å². The lowest BCUT2D eigenvalue weighted by atomic mass is 10.1. The molecule has 1 saturated heterocycles. The number of hydrogen-bond acceptors (Lipinski definition) is 5. The van der Waals surface area contributed by atoms with Gasteiger partial charge < -0.3 is 19.5 Å². The van der Waals surface area contributed by atoms with Gasteiger partial charge in [-0.3, -0.25) is 9.69 Å². The molecule has 122 valence electrons. The molecule has 1 aromatic carbocycles. The largest absolute Gasteiger partial charge is 0.493 e. The maximum Gasteiger partial charge on any atom is 0.251 e. The molecule has 0 spiro atoms. The lowest BCUT2D eigenvalue weighted by Crippen LogP contribution is -2.41. The molecule has 1 fully saturated rings. The number of carbonyl (C=O) groups excluding carboxylic acids is 1. The Morgan fingerprint density at radius 1 is 1.23 bits per heavy atom. The zero-order chi connectivity index (χ0) is 15.9. The molecule has 0 aromatic heterocycles. The Labute approximate surface area is 131 Å². The van der Waals surface area contributed by atoms with Gasteiger partial charge in [-0.15, -0.1) is 0 Å². The first-order valence-corrected chi connectivity index (χ1v) is 7.46. The van der Waals surface area contributed by atoms with Crippen LogP contribution in [-0.2, 0) is 4.74 Å². The number of aryl methyl sites for hydroxylation is 1. The molecule has 22 heavy (non-hydrogen) atoms. The predicted octanol–water partition coefficient (Wildman–Crippen LogP) is 1.07. The predicted molar refractivity (Wildman–Crippen MR) is 83.9 cm³/mol. The number of carbonyl (C=O) groups is 1. The summed E-state index contributed by atoms with van der Waals surface area (Å²) in [6.45, 7) is 6.72. The summed E-state index contributed by atoms with van der Waals surface area (Å²) in [5.74, 6) is 1.10. The molecule has 0 aliphatic carbocycles. The SMILES string of the molecule is COc1cc(C)c(C(=O)NCCN2CCOCC2)cc1OC. The lowest BCUT2D eigenvalue weighted by Gasteiger charge is -2.26. The van der Waals surface area contributed by atoms with E-state index in [0.717, 1.165) is 38.4 Å². The van der Waals surface area contributed by atoms with Crippen molar-refractivity contribution in [3.8, 4) is 11.5 Å². The van der Waals surface area contributed by atoms with E-state index in [9.17, 15) is 4.79 Å². The first kappa shape index (κ1) is 16.6. The van der Waals surface area contributed by atoms with Crippen molar-refractivity contribution in [1.29, 1.82) is 0 Å². The summed E-state index contributed by atoms with van der Waals surface area (Å²) in [5, 5.41) is 2.96. The molecule has 6 nitrogen and oxygen atoms in total. The van der Waals surface area contributed by atoms with E-state index in [1.807, 2.05) is 13.0 Å². The Hall–Kier alpha value is -1.79. The molecule has 1 heterocycles. The third kappa shape index (κ3) is 4.11. The standard InChI is InChI=1S/C16H24N2O4/c1-12-10-14(20-2)15(21-3)11-13(12)16(19)17-4-5-18-6-8-22-9-7-18/h10-11H,4-9H2,1-3H3,(H,17,19). The van der Waals surface area contributed by atoms with Crippen molar-refractivity contribution in [3.63, 3.8) is 0 Å². The van der Waals surface area contributed by atoms with E-state index in [1.54, 1.807) is 20.3 Å². The van der Waals surface area contributed by atoms with Crippen LogP contribution >= 0.6 is 0 Å². The highest BCUT2D eigenvalue weighted by molar-refractivity contribution is 5.96. The van der Waals surface area contributed by atoms with Crippen LogP contribution in [0, 0.1) is 6.92 Å². The van der Waals surface area contributed by atoms with Gasteiger partial charge in [0.15, 0.2) is 11.5 Å². The Morgan fingerprint density at radius 3 is 2.50 bits per heavy atom. The molecular weight excluding hydrogens is 284 g/mol. The van der Waals surface area contributed by atoms with Crippen LogP contribution < -0.4 is 14.8 Å². The quantitative estimate of drug-likeness (QED) is 0.852. The van der Waals surface area contributed by atoms with Gasteiger partial charge in [-0.2, -0.15) is 0 Å². The summed E-state index contributed by atoms with van der Waals surface area (Å²) >= 11 is 0. The zero-order valence-corrected chi connectivity index (χ0v) is 13.5. The molecule has 6 heteroatoms. The average molecular weight is 308 g/mol. The van der Waals surface area contributed by atoms with Gasteiger partial charge in [0, 0.05) is 31.7 Å². The number of amides is 1. The minimum Gasteiger partial charge on any atom is -0.493 e. The second-order valence-electron chi connectivity index (χ2n) is 5.23. The van der Waals surface area contributed by atoms with Gasteiger partial charge in [-0.05, 0) is 24.6 Å². The summed E-state index contributed by atoms with van der Waals surface area (Å²) in [6.07, 6.45) is 0. The van der Waals surface area contributed by atoms with Gasteiger partial charge in [0.2, 0.25) is 0 Å². The Bertz CT molecular complexity index is 513. The van der Waals surface area contributed by atoms with E-state index in [-0.39, 0.29) is 5.91 Å². The van der Waals surface area contributed by atoms with Crippen LogP contribution in [0.1, 0.15) is 15.9 Å². The maximum atomic E-state index is 12.3. The fourth-order valence-corrected chi connectivity index (χ4v) is 2.47. The van der Waals surface area contributed by atoms with Crippen molar-refractivity contribution >= 4 is 5.91 Å². The average Bonchev–Trinajstić information content (AvgIpc) is 2.55. The number of rotatable bonds is 6. The van der Waals surface area contributed by atoms with Crippen molar-refractivity contribution in [1.82, 2.24) is 10.2 Å². The molecule has 1 amide bonds. The van der Waals surface area contributed by atoms with Crippen molar-refractivity contribution in [2.75, 3.05) is 53.6 Å². The van der Waals surface area contributed by atoms with Gasteiger partial charge in [0.1, 0.15) is 0 Å². The fraction of sp³-hybridized carbons (Fsp3) is 0.562. The molecule has 1 aliphatic heterocycles. The summed E-state index contributed by atoms with van der Waals surface area (Å²) in [6, 6.07) is 3.54.